The van der Waals surface area contributed by atoms with Crippen LogP contribution in [0.2, 0.25) is 0 Å². The standard InChI is InChI=1S/C25H32N2O3.BrH/c1-4-30-25(29)22-14-9-15-27(17-22,16-21-12-6-5-7-13-21)18-23(28)26-24-19(2)10-8-11-20(24)3;/h5-8,10-13,22H,4,9,14-18H2,1-3H3;1H. The fourth-order valence-corrected chi connectivity index (χ4v) is 4.58. The molecule has 0 radical (unpaired) electrons. The van der Waals surface area contributed by atoms with Crippen LogP contribution in [0, 0.1) is 19.8 Å². The van der Waals surface area contributed by atoms with Crippen LogP contribution in [0.3, 0.4) is 0 Å². The van der Waals surface area contributed by atoms with Crippen LogP contribution in [0.1, 0.15) is 36.5 Å². The van der Waals surface area contributed by atoms with Gasteiger partial charge in [0, 0.05) is 11.3 Å². The van der Waals surface area contributed by atoms with Crippen molar-refractivity contribution >= 4 is 17.6 Å². The molecule has 1 aliphatic rings. The molecule has 2 aromatic rings. The van der Waals surface area contributed by atoms with Gasteiger partial charge in [-0.05, 0) is 44.7 Å². The Balaban J connectivity index is 0.00000341. The van der Waals surface area contributed by atoms with Gasteiger partial charge in [0.25, 0.3) is 5.91 Å². The minimum Gasteiger partial charge on any atom is -1.00 e. The Hall–Kier alpha value is -2.18. The number of likely N-dealkylation sites (tertiary alicyclic amines) is 1. The monoisotopic (exact) mass is 488 g/mol. The minimum atomic E-state index is -0.157. The molecule has 3 rings (SSSR count). The normalized spacial score (nSPS) is 20.4. The molecule has 1 saturated heterocycles. The number of halogens is 1. The van der Waals surface area contributed by atoms with E-state index in [0.717, 1.165) is 42.7 Å². The number of benzene rings is 2. The lowest BCUT2D eigenvalue weighted by atomic mass is 9.94. The third-order valence-electron chi connectivity index (χ3n) is 6.00. The third kappa shape index (κ3) is 6.65. The average Bonchev–Trinajstić information content (AvgIpc) is 2.72. The highest BCUT2D eigenvalue weighted by Crippen LogP contribution is 2.28. The maximum atomic E-state index is 13.1. The average molecular weight is 489 g/mol. The van der Waals surface area contributed by atoms with Crippen LogP contribution in [-0.4, -0.2) is 42.6 Å². The van der Waals surface area contributed by atoms with Crippen LogP contribution in [0.4, 0.5) is 5.69 Å². The molecule has 2 atom stereocenters. The first-order valence-electron chi connectivity index (χ1n) is 10.8. The summed E-state index contributed by atoms with van der Waals surface area (Å²) in [7, 11) is 0. The molecule has 0 spiro atoms. The first kappa shape index (κ1) is 25.1. The van der Waals surface area contributed by atoms with E-state index < -0.39 is 0 Å². The Labute approximate surface area is 196 Å². The van der Waals surface area contributed by atoms with Crippen LogP contribution in [0.25, 0.3) is 0 Å². The van der Waals surface area contributed by atoms with Gasteiger partial charge in [0.1, 0.15) is 12.5 Å². The van der Waals surface area contributed by atoms with Gasteiger partial charge in [0.05, 0.1) is 19.7 Å². The zero-order chi connectivity index (χ0) is 21.6. The van der Waals surface area contributed by atoms with Gasteiger partial charge in [-0.15, -0.1) is 0 Å². The molecular formula is C25H33BrN2O3. The summed E-state index contributed by atoms with van der Waals surface area (Å²) in [6.07, 6.45) is 1.74. The number of esters is 1. The summed E-state index contributed by atoms with van der Waals surface area (Å²) < 4.78 is 5.88. The number of aryl methyl sites for hydroxylation is 2. The van der Waals surface area contributed by atoms with Crippen molar-refractivity contribution < 1.29 is 35.8 Å². The van der Waals surface area contributed by atoms with Crippen molar-refractivity contribution in [2.24, 2.45) is 5.92 Å². The summed E-state index contributed by atoms with van der Waals surface area (Å²) in [5, 5.41) is 3.13. The van der Waals surface area contributed by atoms with E-state index in [9.17, 15) is 9.59 Å². The quantitative estimate of drug-likeness (QED) is 0.471. The molecule has 1 aliphatic heterocycles. The summed E-state index contributed by atoms with van der Waals surface area (Å²) >= 11 is 0. The maximum Gasteiger partial charge on any atom is 0.314 e. The lowest BCUT2D eigenvalue weighted by Crippen LogP contribution is -3.00. The van der Waals surface area contributed by atoms with E-state index in [4.69, 9.17) is 4.74 Å². The summed E-state index contributed by atoms with van der Waals surface area (Å²) in [5.74, 6) is -0.300. The third-order valence-corrected chi connectivity index (χ3v) is 6.00. The van der Waals surface area contributed by atoms with Gasteiger partial charge >= 0.3 is 5.97 Å². The predicted octanol–water partition coefficient (Wildman–Crippen LogP) is 1.24. The number of carbonyl (C=O) groups is 2. The van der Waals surface area contributed by atoms with E-state index in [-0.39, 0.29) is 34.8 Å². The number of hydrogen-bond donors (Lipinski definition) is 1. The number of hydrogen-bond acceptors (Lipinski definition) is 3. The lowest BCUT2D eigenvalue weighted by Gasteiger charge is -2.43. The van der Waals surface area contributed by atoms with E-state index in [1.54, 1.807) is 0 Å². The zero-order valence-corrected chi connectivity index (χ0v) is 20.3. The molecule has 1 N–H and O–H groups in total. The number of piperidine rings is 1. The highest BCUT2D eigenvalue weighted by Gasteiger charge is 2.40. The molecule has 2 unspecified atom stereocenters. The highest BCUT2D eigenvalue weighted by atomic mass is 79.9. The van der Waals surface area contributed by atoms with Crippen LogP contribution in [-0.2, 0) is 20.9 Å². The molecule has 168 valence electrons. The van der Waals surface area contributed by atoms with Crippen molar-refractivity contribution in [1.82, 2.24) is 0 Å². The van der Waals surface area contributed by atoms with E-state index in [0.29, 0.717) is 24.2 Å². The minimum absolute atomic E-state index is 0. The Morgan fingerprint density at radius 1 is 1.06 bits per heavy atom. The first-order valence-corrected chi connectivity index (χ1v) is 10.8. The van der Waals surface area contributed by atoms with Crippen molar-refractivity contribution in [1.29, 1.82) is 0 Å². The summed E-state index contributed by atoms with van der Waals surface area (Å²) in [6, 6.07) is 16.3. The molecule has 5 nitrogen and oxygen atoms in total. The summed E-state index contributed by atoms with van der Waals surface area (Å²) in [4.78, 5) is 25.6. The van der Waals surface area contributed by atoms with Crippen LogP contribution in [0.15, 0.2) is 48.5 Å². The van der Waals surface area contributed by atoms with E-state index in [1.807, 2.05) is 57.2 Å². The number of ether oxygens (including phenoxy) is 1. The van der Waals surface area contributed by atoms with Gasteiger partial charge in [0.2, 0.25) is 0 Å². The first-order chi connectivity index (χ1) is 14.4. The molecule has 2 aromatic carbocycles. The molecule has 1 heterocycles. The van der Waals surface area contributed by atoms with Gasteiger partial charge in [-0.3, -0.25) is 9.59 Å². The topological polar surface area (TPSA) is 55.4 Å². The number of quaternary nitrogens is 1. The summed E-state index contributed by atoms with van der Waals surface area (Å²) in [6.45, 7) is 8.84. The fourth-order valence-electron chi connectivity index (χ4n) is 4.58. The molecule has 0 bridgehead atoms. The van der Waals surface area contributed by atoms with Gasteiger partial charge < -0.3 is 31.5 Å². The molecule has 1 amide bonds. The summed E-state index contributed by atoms with van der Waals surface area (Å²) in [5.41, 5.74) is 4.18. The predicted molar refractivity (Wildman–Crippen MR) is 119 cm³/mol. The van der Waals surface area contributed by atoms with E-state index >= 15 is 0 Å². The van der Waals surface area contributed by atoms with Crippen molar-refractivity contribution in [3.63, 3.8) is 0 Å². The number of carbonyl (C=O) groups excluding carboxylic acids is 2. The van der Waals surface area contributed by atoms with Crippen LogP contribution in [0.5, 0.6) is 0 Å². The number of rotatable bonds is 7. The Morgan fingerprint density at radius 2 is 1.74 bits per heavy atom. The second-order valence-electron chi connectivity index (χ2n) is 8.46. The van der Waals surface area contributed by atoms with E-state index in [2.05, 4.69) is 17.4 Å². The SMILES string of the molecule is CCOC(=O)C1CCC[N+](CC(=O)Nc2c(C)cccc2C)(Cc2ccccc2)C1.[Br-]. The molecule has 1 fully saturated rings. The fraction of sp³-hybridized carbons (Fsp3) is 0.440. The Kier molecular flexibility index (Phi) is 9.26. The van der Waals surface area contributed by atoms with Crippen molar-refractivity contribution in [2.45, 2.75) is 40.2 Å². The number of anilines is 1. The van der Waals surface area contributed by atoms with Crippen molar-refractivity contribution in [2.75, 3.05) is 31.6 Å². The smallest absolute Gasteiger partial charge is 0.314 e. The number of amides is 1. The number of para-hydroxylation sites is 1. The van der Waals surface area contributed by atoms with Gasteiger partial charge in [0.15, 0.2) is 6.54 Å². The van der Waals surface area contributed by atoms with Gasteiger partial charge in [-0.25, -0.2) is 0 Å². The molecule has 31 heavy (non-hydrogen) atoms. The van der Waals surface area contributed by atoms with Gasteiger partial charge in [-0.2, -0.15) is 0 Å². The van der Waals surface area contributed by atoms with Crippen LogP contribution >= 0.6 is 0 Å². The number of nitrogens with zero attached hydrogens (tertiary/aromatic N) is 1. The second-order valence-corrected chi connectivity index (χ2v) is 8.46. The zero-order valence-electron chi connectivity index (χ0n) is 18.7. The Bertz CT molecular complexity index is 867. The highest BCUT2D eigenvalue weighted by molar-refractivity contribution is 5.93. The molecular weight excluding hydrogens is 456 g/mol. The maximum absolute atomic E-state index is 13.1. The van der Waals surface area contributed by atoms with Crippen molar-refractivity contribution in [3.8, 4) is 0 Å². The molecule has 6 heteroatoms. The molecule has 0 aromatic heterocycles. The molecule has 0 saturated carbocycles. The van der Waals surface area contributed by atoms with E-state index in [1.165, 1.54) is 5.56 Å². The van der Waals surface area contributed by atoms with Gasteiger partial charge in [-0.1, -0.05) is 48.5 Å². The second kappa shape index (κ2) is 11.4. The number of nitrogens with one attached hydrogen (secondary N) is 1. The van der Waals surface area contributed by atoms with Crippen molar-refractivity contribution in [3.05, 3.63) is 65.2 Å². The lowest BCUT2D eigenvalue weighted by molar-refractivity contribution is -0.940. The van der Waals surface area contributed by atoms with Crippen LogP contribution < -0.4 is 22.3 Å². The Morgan fingerprint density at radius 3 is 2.39 bits per heavy atom. The largest absolute Gasteiger partial charge is 1.00 e. The molecule has 0 aliphatic carbocycles.